The number of ether oxygens (including phenoxy) is 2. The zero-order chi connectivity index (χ0) is 14.0. The molecule has 1 aromatic rings. The smallest absolute Gasteiger partial charge is 0.168 e. The number of nitrogens with one attached hydrogen (secondary N) is 1. The summed E-state index contributed by atoms with van der Waals surface area (Å²) in [7, 11) is 0. The average molecular weight is 279 g/mol. The van der Waals surface area contributed by atoms with Crippen molar-refractivity contribution < 1.29 is 13.9 Å². The highest BCUT2D eigenvalue weighted by atomic mass is 19.1. The van der Waals surface area contributed by atoms with Gasteiger partial charge in [0.05, 0.1) is 13.2 Å². The zero-order valence-corrected chi connectivity index (χ0v) is 11.9. The van der Waals surface area contributed by atoms with Crippen molar-refractivity contribution >= 4 is 0 Å². The standard InChI is InChI=1S/C16H22FNO2/c1-12(13-2-4-14(17)5-3-13)18-15-6-8-16(9-7-15)19-10-11-20-16/h2-5,12,15,18H,6-11H2,1H3/t12-/m0/s1. The second kappa shape index (κ2) is 5.80. The molecule has 0 aromatic heterocycles. The molecule has 3 rings (SSSR count). The summed E-state index contributed by atoms with van der Waals surface area (Å²) in [4.78, 5) is 0. The van der Waals surface area contributed by atoms with Gasteiger partial charge in [0, 0.05) is 24.9 Å². The van der Waals surface area contributed by atoms with Gasteiger partial charge in [-0.05, 0) is 37.5 Å². The van der Waals surface area contributed by atoms with Crippen LogP contribution in [0.15, 0.2) is 24.3 Å². The largest absolute Gasteiger partial charge is 0.348 e. The summed E-state index contributed by atoms with van der Waals surface area (Å²) in [5.41, 5.74) is 1.13. The maximum atomic E-state index is 12.9. The Balaban J connectivity index is 1.52. The molecule has 1 N–H and O–H groups in total. The molecule has 20 heavy (non-hydrogen) atoms. The van der Waals surface area contributed by atoms with Gasteiger partial charge in [0.15, 0.2) is 5.79 Å². The van der Waals surface area contributed by atoms with Crippen molar-refractivity contribution in [2.24, 2.45) is 0 Å². The van der Waals surface area contributed by atoms with Gasteiger partial charge in [0.2, 0.25) is 0 Å². The van der Waals surface area contributed by atoms with Crippen LogP contribution in [0.5, 0.6) is 0 Å². The fourth-order valence-corrected chi connectivity index (χ4v) is 3.21. The lowest BCUT2D eigenvalue weighted by Crippen LogP contribution is -2.42. The van der Waals surface area contributed by atoms with Gasteiger partial charge in [-0.2, -0.15) is 0 Å². The minimum absolute atomic E-state index is 0.184. The molecule has 2 aliphatic rings. The van der Waals surface area contributed by atoms with Crippen LogP contribution in [-0.2, 0) is 9.47 Å². The van der Waals surface area contributed by atoms with E-state index >= 15 is 0 Å². The van der Waals surface area contributed by atoms with E-state index in [1.165, 1.54) is 12.1 Å². The average Bonchev–Trinajstić information content (AvgIpc) is 2.91. The highest BCUT2D eigenvalue weighted by Crippen LogP contribution is 2.36. The Morgan fingerprint density at radius 3 is 2.35 bits per heavy atom. The molecule has 1 saturated carbocycles. The van der Waals surface area contributed by atoms with Crippen molar-refractivity contribution in [3.63, 3.8) is 0 Å². The molecule has 1 spiro atoms. The molecule has 110 valence electrons. The third-order valence-electron chi connectivity index (χ3n) is 4.42. The van der Waals surface area contributed by atoms with E-state index in [1.807, 2.05) is 12.1 Å². The molecule has 0 bridgehead atoms. The van der Waals surface area contributed by atoms with Crippen LogP contribution in [0, 0.1) is 5.82 Å². The van der Waals surface area contributed by atoms with Gasteiger partial charge in [-0.15, -0.1) is 0 Å². The molecule has 4 heteroatoms. The lowest BCUT2D eigenvalue weighted by atomic mass is 9.89. The minimum atomic E-state index is -0.294. The maximum Gasteiger partial charge on any atom is 0.168 e. The van der Waals surface area contributed by atoms with Gasteiger partial charge in [-0.1, -0.05) is 12.1 Å². The number of halogens is 1. The lowest BCUT2D eigenvalue weighted by molar-refractivity contribution is -0.179. The van der Waals surface area contributed by atoms with Gasteiger partial charge in [0.25, 0.3) is 0 Å². The summed E-state index contributed by atoms with van der Waals surface area (Å²) < 4.78 is 24.4. The van der Waals surface area contributed by atoms with Gasteiger partial charge >= 0.3 is 0 Å². The molecule has 1 heterocycles. The Labute approximate surface area is 119 Å². The van der Waals surface area contributed by atoms with Crippen LogP contribution in [0.25, 0.3) is 0 Å². The van der Waals surface area contributed by atoms with Crippen molar-refractivity contribution in [3.05, 3.63) is 35.6 Å². The monoisotopic (exact) mass is 279 g/mol. The highest BCUT2D eigenvalue weighted by molar-refractivity contribution is 5.19. The molecule has 1 atom stereocenters. The Bertz CT molecular complexity index is 432. The number of hydrogen-bond acceptors (Lipinski definition) is 3. The molecule has 1 saturated heterocycles. The fourth-order valence-electron chi connectivity index (χ4n) is 3.21. The SMILES string of the molecule is C[C@H](NC1CCC2(CC1)OCCO2)c1ccc(F)cc1. The van der Waals surface area contributed by atoms with E-state index in [0.29, 0.717) is 6.04 Å². The van der Waals surface area contributed by atoms with E-state index in [0.717, 1.165) is 44.5 Å². The van der Waals surface area contributed by atoms with E-state index in [9.17, 15) is 4.39 Å². The van der Waals surface area contributed by atoms with Crippen LogP contribution in [0.1, 0.15) is 44.2 Å². The van der Waals surface area contributed by atoms with Crippen LogP contribution in [0.3, 0.4) is 0 Å². The van der Waals surface area contributed by atoms with Crippen molar-refractivity contribution in [2.75, 3.05) is 13.2 Å². The van der Waals surface area contributed by atoms with Crippen LogP contribution in [0.4, 0.5) is 4.39 Å². The van der Waals surface area contributed by atoms with E-state index in [1.54, 1.807) is 0 Å². The van der Waals surface area contributed by atoms with Gasteiger partial charge < -0.3 is 14.8 Å². The molecule has 1 aliphatic heterocycles. The number of benzene rings is 1. The van der Waals surface area contributed by atoms with Gasteiger partial charge in [-0.3, -0.25) is 0 Å². The van der Waals surface area contributed by atoms with Crippen LogP contribution in [-0.4, -0.2) is 25.0 Å². The van der Waals surface area contributed by atoms with Crippen LogP contribution >= 0.6 is 0 Å². The summed E-state index contributed by atoms with van der Waals surface area (Å²) in [6, 6.07) is 7.45. The Morgan fingerprint density at radius 1 is 1.15 bits per heavy atom. The first kappa shape index (κ1) is 14.0. The summed E-state index contributed by atoms with van der Waals surface area (Å²) >= 11 is 0. The van der Waals surface area contributed by atoms with E-state index in [-0.39, 0.29) is 17.6 Å². The van der Waals surface area contributed by atoms with Crippen molar-refractivity contribution in [3.8, 4) is 0 Å². The first-order valence-electron chi connectivity index (χ1n) is 7.46. The molecular formula is C16H22FNO2. The number of hydrogen-bond donors (Lipinski definition) is 1. The maximum absolute atomic E-state index is 12.9. The van der Waals surface area contributed by atoms with E-state index in [2.05, 4.69) is 12.2 Å². The van der Waals surface area contributed by atoms with Crippen LogP contribution in [0.2, 0.25) is 0 Å². The molecular weight excluding hydrogens is 257 g/mol. The quantitative estimate of drug-likeness (QED) is 0.922. The van der Waals surface area contributed by atoms with Gasteiger partial charge in [0.1, 0.15) is 5.82 Å². The predicted molar refractivity (Wildman–Crippen MR) is 74.8 cm³/mol. The Hall–Kier alpha value is -0.970. The van der Waals surface area contributed by atoms with Crippen molar-refractivity contribution in [1.29, 1.82) is 0 Å². The molecule has 0 radical (unpaired) electrons. The normalized spacial score (nSPS) is 24.1. The summed E-state index contributed by atoms with van der Waals surface area (Å²) in [6.07, 6.45) is 4.04. The predicted octanol–water partition coefficient (Wildman–Crippen LogP) is 3.16. The molecule has 3 nitrogen and oxygen atoms in total. The first-order valence-corrected chi connectivity index (χ1v) is 7.46. The third kappa shape index (κ3) is 3.03. The minimum Gasteiger partial charge on any atom is -0.348 e. The van der Waals surface area contributed by atoms with Crippen molar-refractivity contribution in [1.82, 2.24) is 5.32 Å². The highest BCUT2D eigenvalue weighted by Gasteiger charge is 2.40. The van der Waals surface area contributed by atoms with Gasteiger partial charge in [-0.25, -0.2) is 4.39 Å². The first-order chi connectivity index (χ1) is 9.67. The van der Waals surface area contributed by atoms with E-state index < -0.39 is 0 Å². The van der Waals surface area contributed by atoms with E-state index in [4.69, 9.17) is 9.47 Å². The molecule has 0 unspecified atom stereocenters. The topological polar surface area (TPSA) is 30.5 Å². The second-order valence-corrected chi connectivity index (χ2v) is 5.82. The molecule has 1 aliphatic carbocycles. The Kier molecular flexibility index (Phi) is 4.06. The fraction of sp³-hybridized carbons (Fsp3) is 0.625. The summed E-state index contributed by atoms with van der Waals surface area (Å²) in [6.45, 7) is 3.58. The molecule has 2 fully saturated rings. The zero-order valence-electron chi connectivity index (χ0n) is 11.9. The Morgan fingerprint density at radius 2 is 1.75 bits per heavy atom. The summed E-state index contributed by atoms with van der Waals surface area (Å²) in [5.74, 6) is -0.479. The molecule has 0 amide bonds. The second-order valence-electron chi connectivity index (χ2n) is 5.82. The van der Waals surface area contributed by atoms with Crippen molar-refractivity contribution in [2.45, 2.75) is 50.5 Å². The third-order valence-corrected chi connectivity index (χ3v) is 4.42. The van der Waals surface area contributed by atoms with Crippen LogP contribution < -0.4 is 5.32 Å². The number of rotatable bonds is 3. The molecule has 1 aromatic carbocycles. The summed E-state index contributed by atoms with van der Waals surface area (Å²) in [5, 5.41) is 3.63. The lowest BCUT2D eigenvalue weighted by Gasteiger charge is -2.36.